The third kappa shape index (κ3) is 4.08. The van der Waals surface area contributed by atoms with Gasteiger partial charge in [0.15, 0.2) is 15.0 Å². The van der Waals surface area contributed by atoms with Gasteiger partial charge in [-0.1, -0.05) is 31.7 Å². The van der Waals surface area contributed by atoms with E-state index in [0.29, 0.717) is 17.4 Å². The number of nitrogens with one attached hydrogen (secondary N) is 1. The van der Waals surface area contributed by atoms with Crippen LogP contribution in [0.2, 0.25) is 0 Å². The molecule has 0 aromatic heterocycles. The molecule has 0 bridgehead atoms. The number of nitrogens with zero attached hydrogens (tertiary/aromatic N) is 2. The fourth-order valence-corrected chi connectivity index (χ4v) is 8.10. The fourth-order valence-electron chi connectivity index (χ4n) is 4.43. The first-order chi connectivity index (χ1) is 13.2. The van der Waals surface area contributed by atoms with Crippen molar-refractivity contribution < 1.29 is 13.2 Å². The first-order valence-corrected chi connectivity index (χ1v) is 12.5. The second-order valence-corrected chi connectivity index (χ2v) is 11.9. The summed E-state index contributed by atoms with van der Waals surface area (Å²) < 4.78 is 23.5. The summed E-state index contributed by atoms with van der Waals surface area (Å²) in [5.74, 6) is 1.45. The minimum absolute atomic E-state index is 0.00828. The lowest BCUT2D eigenvalue weighted by Gasteiger charge is -2.35. The molecule has 4 atom stereocenters. The molecule has 1 aromatic carbocycles. The van der Waals surface area contributed by atoms with Crippen molar-refractivity contribution in [1.29, 1.82) is 0 Å². The summed E-state index contributed by atoms with van der Waals surface area (Å²) in [4.78, 5) is 19.5. The average molecular weight is 422 g/mol. The zero-order chi connectivity index (χ0) is 20.1. The molecule has 1 aromatic rings. The van der Waals surface area contributed by atoms with Crippen LogP contribution < -0.4 is 5.32 Å². The summed E-state index contributed by atoms with van der Waals surface area (Å²) >= 11 is 1.49. The predicted octanol–water partition coefficient (Wildman–Crippen LogP) is 2.79. The number of likely N-dealkylation sites (tertiary alicyclic amines) is 1. The number of hydrogen-bond donors (Lipinski definition) is 1. The monoisotopic (exact) mass is 421 g/mol. The molecule has 0 aliphatic carbocycles. The molecular formula is C20H27N3O3S2. The molecular weight excluding hydrogens is 394 g/mol. The molecule has 0 unspecified atom stereocenters. The molecule has 3 heterocycles. The van der Waals surface area contributed by atoms with E-state index in [1.165, 1.54) is 18.2 Å². The van der Waals surface area contributed by atoms with Gasteiger partial charge in [-0.3, -0.25) is 9.79 Å². The molecule has 152 valence electrons. The molecule has 6 nitrogen and oxygen atoms in total. The van der Waals surface area contributed by atoms with Gasteiger partial charge >= 0.3 is 0 Å². The lowest BCUT2D eigenvalue weighted by molar-refractivity contribution is 0.0623. The third-order valence-electron chi connectivity index (χ3n) is 5.70. The Morgan fingerprint density at radius 3 is 2.61 bits per heavy atom. The smallest absolute Gasteiger partial charge is 0.253 e. The lowest BCUT2D eigenvalue weighted by atomic mass is 9.91. The van der Waals surface area contributed by atoms with Crippen LogP contribution in [0.25, 0.3) is 0 Å². The van der Waals surface area contributed by atoms with E-state index in [4.69, 9.17) is 0 Å². The van der Waals surface area contributed by atoms with Crippen LogP contribution >= 0.6 is 11.8 Å². The SMILES string of the molecule is Cc1ccc(C(=O)N2C[C@H](C)C[C@H](C)C2)cc1NC1=N[C@@H]2CS(=O)(=O)C[C@@H]2S1. The van der Waals surface area contributed by atoms with Crippen molar-refractivity contribution >= 4 is 38.4 Å². The van der Waals surface area contributed by atoms with Gasteiger partial charge in [-0.25, -0.2) is 8.42 Å². The zero-order valence-electron chi connectivity index (χ0n) is 16.5. The Morgan fingerprint density at radius 1 is 1.21 bits per heavy atom. The van der Waals surface area contributed by atoms with Gasteiger partial charge in [0.1, 0.15) is 0 Å². The van der Waals surface area contributed by atoms with Crippen molar-refractivity contribution in [2.24, 2.45) is 16.8 Å². The molecule has 28 heavy (non-hydrogen) atoms. The van der Waals surface area contributed by atoms with Crippen LogP contribution in [0, 0.1) is 18.8 Å². The van der Waals surface area contributed by atoms with Crippen molar-refractivity contribution in [3.8, 4) is 0 Å². The van der Waals surface area contributed by atoms with Gasteiger partial charge in [0.2, 0.25) is 0 Å². The maximum atomic E-state index is 13.0. The minimum Gasteiger partial charge on any atom is -0.338 e. The van der Waals surface area contributed by atoms with E-state index >= 15 is 0 Å². The Labute approximate surface area is 171 Å². The van der Waals surface area contributed by atoms with Crippen molar-refractivity contribution in [1.82, 2.24) is 4.90 Å². The van der Waals surface area contributed by atoms with Crippen molar-refractivity contribution in [2.45, 2.75) is 38.5 Å². The van der Waals surface area contributed by atoms with Gasteiger partial charge in [0.05, 0.1) is 17.5 Å². The Bertz CT molecular complexity index is 919. The number of fused-ring (bicyclic) bond motifs is 1. The fraction of sp³-hybridized carbons (Fsp3) is 0.600. The highest BCUT2D eigenvalue weighted by atomic mass is 32.2. The summed E-state index contributed by atoms with van der Waals surface area (Å²) in [6.07, 6.45) is 1.17. The number of aryl methyl sites for hydroxylation is 1. The number of anilines is 1. The van der Waals surface area contributed by atoms with Crippen molar-refractivity contribution in [3.63, 3.8) is 0 Å². The van der Waals surface area contributed by atoms with Crippen LogP contribution in [0.4, 0.5) is 5.69 Å². The zero-order valence-corrected chi connectivity index (χ0v) is 18.1. The standard InChI is InChI=1S/C20H27N3O3S2/c1-12-6-13(2)9-23(8-12)19(24)15-5-4-14(3)16(7-15)21-20-22-17-10-28(25,26)11-18(17)27-20/h4-5,7,12-13,17-18H,6,8-11H2,1-3H3,(H,21,22)/t12-,13+,17-,18+/m1/s1. The summed E-state index contributed by atoms with van der Waals surface area (Å²) in [5.41, 5.74) is 2.57. The van der Waals surface area contributed by atoms with E-state index in [2.05, 4.69) is 24.2 Å². The van der Waals surface area contributed by atoms with Gasteiger partial charge in [-0.15, -0.1) is 0 Å². The highest BCUT2D eigenvalue weighted by Gasteiger charge is 2.42. The maximum Gasteiger partial charge on any atom is 0.253 e. The number of amides is 1. The molecule has 3 aliphatic heterocycles. The van der Waals surface area contributed by atoms with E-state index < -0.39 is 9.84 Å². The van der Waals surface area contributed by atoms with Crippen molar-refractivity contribution in [2.75, 3.05) is 29.9 Å². The van der Waals surface area contributed by atoms with Gasteiger partial charge in [-0.2, -0.15) is 0 Å². The van der Waals surface area contributed by atoms with Crippen LogP contribution in [0.1, 0.15) is 36.2 Å². The first-order valence-electron chi connectivity index (χ1n) is 9.82. The largest absolute Gasteiger partial charge is 0.338 e. The number of carbonyl (C=O) groups is 1. The molecule has 1 N–H and O–H groups in total. The normalized spacial score (nSPS) is 31.4. The number of thioether (sulfide) groups is 1. The topological polar surface area (TPSA) is 78.8 Å². The Kier molecular flexibility index (Phi) is 5.20. The van der Waals surface area contributed by atoms with Crippen molar-refractivity contribution in [3.05, 3.63) is 29.3 Å². The molecule has 0 saturated carbocycles. The van der Waals surface area contributed by atoms with Gasteiger partial charge < -0.3 is 10.2 Å². The quantitative estimate of drug-likeness (QED) is 0.794. The van der Waals surface area contributed by atoms with E-state index in [9.17, 15) is 13.2 Å². The molecule has 1 amide bonds. The van der Waals surface area contributed by atoms with Crippen LogP contribution in [-0.4, -0.2) is 60.3 Å². The van der Waals surface area contributed by atoms with E-state index in [-0.39, 0.29) is 28.7 Å². The highest BCUT2D eigenvalue weighted by molar-refractivity contribution is 8.15. The molecule has 0 spiro atoms. The lowest BCUT2D eigenvalue weighted by Crippen LogP contribution is -2.42. The number of benzene rings is 1. The number of aliphatic imine (C=N–C) groups is 1. The molecule has 4 rings (SSSR count). The minimum atomic E-state index is -2.96. The highest BCUT2D eigenvalue weighted by Crippen LogP contribution is 2.35. The molecule has 2 fully saturated rings. The maximum absolute atomic E-state index is 13.0. The van der Waals surface area contributed by atoms with Gasteiger partial charge in [-0.05, 0) is 42.9 Å². The summed E-state index contributed by atoms with van der Waals surface area (Å²) in [5, 5.41) is 4.08. The van der Waals surface area contributed by atoms with Gasteiger partial charge in [0, 0.05) is 29.6 Å². The Morgan fingerprint density at radius 2 is 1.93 bits per heavy atom. The van der Waals surface area contributed by atoms with E-state index in [1.807, 2.05) is 30.0 Å². The number of hydrogen-bond acceptors (Lipinski definition) is 6. The number of sulfone groups is 1. The van der Waals surface area contributed by atoms with Gasteiger partial charge in [0.25, 0.3) is 5.91 Å². The van der Waals surface area contributed by atoms with E-state index in [1.54, 1.807) is 0 Å². The molecule has 8 heteroatoms. The summed E-state index contributed by atoms with van der Waals surface area (Å²) in [6.45, 7) is 8.00. The second kappa shape index (κ2) is 7.37. The number of piperidine rings is 1. The van der Waals surface area contributed by atoms with E-state index in [0.717, 1.165) is 29.5 Å². The van der Waals surface area contributed by atoms with Crippen LogP contribution in [0.3, 0.4) is 0 Å². The second-order valence-electron chi connectivity index (χ2n) is 8.55. The van der Waals surface area contributed by atoms with Crippen LogP contribution in [0.15, 0.2) is 23.2 Å². The average Bonchev–Trinajstić information content (AvgIpc) is 3.08. The summed E-state index contributed by atoms with van der Waals surface area (Å²) in [6, 6.07) is 5.59. The first kappa shape index (κ1) is 19.8. The third-order valence-corrected chi connectivity index (χ3v) is 8.84. The molecule has 0 radical (unpaired) electrons. The Hall–Kier alpha value is -1.54. The number of rotatable bonds is 2. The number of amidine groups is 1. The Balaban J connectivity index is 1.50. The molecule has 3 aliphatic rings. The van der Waals surface area contributed by atoms with Crippen LogP contribution in [0.5, 0.6) is 0 Å². The molecule has 2 saturated heterocycles. The summed E-state index contributed by atoms with van der Waals surface area (Å²) in [7, 11) is -2.96. The van der Waals surface area contributed by atoms with Crippen LogP contribution in [-0.2, 0) is 9.84 Å². The number of carbonyl (C=O) groups excluding carboxylic acids is 1. The predicted molar refractivity (Wildman–Crippen MR) is 115 cm³/mol.